The third-order valence-electron chi connectivity index (χ3n) is 1.69. The Hall–Kier alpha value is -0.0200. The summed E-state index contributed by atoms with van der Waals surface area (Å²) in [7, 11) is 3.83. The van der Waals surface area contributed by atoms with Crippen molar-refractivity contribution >= 4 is 21.6 Å². The van der Waals surface area contributed by atoms with Crippen LogP contribution in [0.2, 0.25) is 0 Å². The Morgan fingerprint density at radius 1 is 1.31 bits per heavy atom. The fourth-order valence-electron chi connectivity index (χ4n) is 1.02. The first-order valence-electron chi connectivity index (χ1n) is 4.56. The standard InChI is InChI=1S/C10H16OS2/c1-4-9-5-11-6-10(9)7-12-13-8(2)3/h5-6,8H,4,7H2,1-3H3. The van der Waals surface area contributed by atoms with E-state index in [4.69, 9.17) is 4.42 Å². The maximum Gasteiger partial charge on any atom is 0.0946 e. The summed E-state index contributed by atoms with van der Waals surface area (Å²) < 4.78 is 5.17. The Morgan fingerprint density at radius 3 is 2.62 bits per heavy atom. The van der Waals surface area contributed by atoms with E-state index in [0.717, 1.165) is 12.2 Å². The highest BCUT2D eigenvalue weighted by Crippen LogP contribution is 2.31. The van der Waals surface area contributed by atoms with Gasteiger partial charge in [-0.15, -0.1) is 0 Å². The molecule has 0 aromatic carbocycles. The lowest BCUT2D eigenvalue weighted by Crippen LogP contribution is -1.85. The third-order valence-corrected chi connectivity index (χ3v) is 4.56. The van der Waals surface area contributed by atoms with E-state index < -0.39 is 0 Å². The van der Waals surface area contributed by atoms with Crippen LogP contribution in [0.5, 0.6) is 0 Å². The molecule has 0 unspecified atom stereocenters. The fourth-order valence-corrected chi connectivity index (χ4v) is 3.14. The molecule has 3 heteroatoms. The summed E-state index contributed by atoms with van der Waals surface area (Å²) >= 11 is 0. The summed E-state index contributed by atoms with van der Waals surface area (Å²) in [4.78, 5) is 0. The van der Waals surface area contributed by atoms with Crippen LogP contribution in [0.15, 0.2) is 16.9 Å². The predicted octanol–water partition coefficient (Wildman–Crippen LogP) is 4.13. The smallest absolute Gasteiger partial charge is 0.0946 e. The quantitative estimate of drug-likeness (QED) is 0.687. The molecule has 1 aromatic rings. The SMILES string of the molecule is CCc1cocc1CSSC(C)C. The molecule has 0 saturated carbocycles. The summed E-state index contributed by atoms with van der Waals surface area (Å²) in [5, 5.41) is 0.696. The molecule has 13 heavy (non-hydrogen) atoms. The average molecular weight is 216 g/mol. The highest BCUT2D eigenvalue weighted by Gasteiger charge is 2.04. The van der Waals surface area contributed by atoms with Gasteiger partial charge < -0.3 is 4.42 Å². The van der Waals surface area contributed by atoms with Crippen molar-refractivity contribution in [2.75, 3.05) is 0 Å². The van der Waals surface area contributed by atoms with Crippen LogP contribution in [0, 0.1) is 0 Å². The Bertz CT molecular complexity index is 243. The first-order valence-corrected chi connectivity index (χ1v) is 6.94. The average Bonchev–Trinajstić information content (AvgIpc) is 2.51. The highest BCUT2D eigenvalue weighted by atomic mass is 33.1. The Labute approximate surface area is 88.1 Å². The molecule has 0 atom stereocenters. The summed E-state index contributed by atoms with van der Waals surface area (Å²) in [5.41, 5.74) is 2.69. The van der Waals surface area contributed by atoms with Gasteiger partial charge in [-0.1, -0.05) is 42.4 Å². The zero-order valence-electron chi connectivity index (χ0n) is 8.37. The van der Waals surface area contributed by atoms with Gasteiger partial charge in [-0.2, -0.15) is 0 Å². The minimum Gasteiger partial charge on any atom is -0.472 e. The monoisotopic (exact) mass is 216 g/mol. The second-order valence-electron chi connectivity index (χ2n) is 3.18. The van der Waals surface area contributed by atoms with E-state index in [1.165, 1.54) is 11.1 Å². The molecule has 74 valence electrons. The third kappa shape index (κ3) is 3.69. The van der Waals surface area contributed by atoms with Crippen molar-refractivity contribution < 1.29 is 4.42 Å². The van der Waals surface area contributed by atoms with Crippen molar-refractivity contribution in [3.8, 4) is 0 Å². The summed E-state index contributed by atoms with van der Waals surface area (Å²) in [6.45, 7) is 6.59. The molecular formula is C10H16OS2. The molecule has 0 fully saturated rings. The zero-order valence-corrected chi connectivity index (χ0v) is 10.0. The van der Waals surface area contributed by atoms with Gasteiger partial charge in [0.2, 0.25) is 0 Å². The van der Waals surface area contributed by atoms with E-state index in [2.05, 4.69) is 20.8 Å². The van der Waals surface area contributed by atoms with Crippen molar-refractivity contribution in [1.29, 1.82) is 0 Å². The van der Waals surface area contributed by atoms with Crippen LogP contribution < -0.4 is 0 Å². The topological polar surface area (TPSA) is 13.1 Å². The molecule has 0 N–H and O–H groups in total. The molecule has 0 saturated heterocycles. The van der Waals surface area contributed by atoms with Crippen molar-refractivity contribution in [1.82, 2.24) is 0 Å². The highest BCUT2D eigenvalue weighted by molar-refractivity contribution is 8.76. The van der Waals surface area contributed by atoms with Crippen LogP contribution in [0.25, 0.3) is 0 Å². The lowest BCUT2D eigenvalue weighted by Gasteiger charge is -2.03. The molecule has 0 bridgehead atoms. The van der Waals surface area contributed by atoms with Crippen LogP contribution in [0.4, 0.5) is 0 Å². The minimum absolute atomic E-state index is 0.696. The molecule has 0 aliphatic rings. The molecule has 0 spiro atoms. The van der Waals surface area contributed by atoms with Gasteiger partial charge in [-0.3, -0.25) is 0 Å². The lowest BCUT2D eigenvalue weighted by molar-refractivity contribution is 0.562. The number of hydrogen-bond donors (Lipinski definition) is 0. The van der Waals surface area contributed by atoms with Crippen LogP contribution in [-0.2, 0) is 12.2 Å². The molecular weight excluding hydrogens is 200 g/mol. The van der Waals surface area contributed by atoms with Gasteiger partial charge in [0.1, 0.15) is 0 Å². The Kier molecular flexibility index (Phi) is 4.81. The van der Waals surface area contributed by atoms with Crippen molar-refractivity contribution in [3.63, 3.8) is 0 Å². The summed E-state index contributed by atoms with van der Waals surface area (Å²) in [5.74, 6) is 1.06. The molecule has 0 aliphatic carbocycles. The van der Waals surface area contributed by atoms with Crippen LogP contribution in [0.1, 0.15) is 31.9 Å². The second kappa shape index (κ2) is 5.66. The van der Waals surface area contributed by atoms with Gasteiger partial charge in [0.25, 0.3) is 0 Å². The van der Waals surface area contributed by atoms with E-state index >= 15 is 0 Å². The summed E-state index contributed by atoms with van der Waals surface area (Å²) in [6, 6.07) is 0. The van der Waals surface area contributed by atoms with Crippen LogP contribution in [0.3, 0.4) is 0 Å². The summed E-state index contributed by atoms with van der Waals surface area (Å²) in [6.07, 6.45) is 4.79. The van der Waals surface area contributed by atoms with Gasteiger partial charge in [-0.05, 0) is 12.0 Å². The lowest BCUT2D eigenvalue weighted by atomic mass is 10.2. The Morgan fingerprint density at radius 2 is 2.00 bits per heavy atom. The number of hydrogen-bond acceptors (Lipinski definition) is 3. The maximum absolute atomic E-state index is 5.17. The maximum atomic E-state index is 5.17. The Balaban J connectivity index is 2.36. The molecule has 1 rings (SSSR count). The number of rotatable bonds is 5. The van der Waals surface area contributed by atoms with Gasteiger partial charge >= 0.3 is 0 Å². The van der Waals surface area contributed by atoms with Crippen molar-refractivity contribution in [3.05, 3.63) is 23.7 Å². The molecule has 1 aromatic heterocycles. The normalized spacial score (nSPS) is 11.1. The first kappa shape index (κ1) is 11.1. The predicted molar refractivity (Wildman–Crippen MR) is 62.1 cm³/mol. The minimum atomic E-state index is 0.696. The van der Waals surface area contributed by atoms with E-state index in [-0.39, 0.29) is 0 Å². The number of aryl methyl sites for hydroxylation is 1. The largest absolute Gasteiger partial charge is 0.472 e. The fraction of sp³-hybridized carbons (Fsp3) is 0.600. The van der Waals surface area contributed by atoms with E-state index in [1.54, 1.807) is 0 Å². The number of furan rings is 1. The van der Waals surface area contributed by atoms with E-state index in [0.29, 0.717) is 5.25 Å². The molecule has 1 heterocycles. The van der Waals surface area contributed by atoms with Gasteiger partial charge in [0.05, 0.1) is 12.5 Å². The molecule has 0 radical (unpaired) electrons. The van der Waals surface area contributed by atoms with E-state index in [9.17, 15) is 0 Å². The van der Waals surface area contributed by atoms with Crippen molar-refractivity contribution in [2.45, 2.75) is 38.2 Å². The van der Waals surface area contributed by atoms with Gasteiger partial charge in [0.15, 0.2) is 0 Å². The first-order chi connectivity index (χ1) is 6.24. The van der Waals surface area contributed by atoms with E-state index in [1.807, 2.05) is 34.1 Å². The van der Waals surface area contributed by atoms with Gasteiger partial charge in [0, 0.05) is 16.6 Å². The molecule has 0 aliphatic heterocycles. The van der Waals surface area contributed by atoms with Crippen LogP contribution in [-0.4, -0.2) is 5.25 Å². The zero-order chi connectivity index (χ0) is 9.68. The molecule has 1 nitrogen and oxygen atoms in total. The van der Waals surface area contributed by atoms with Crippen LogP contribution >= 0.6 is 21.6 Å². The van der Waals surface area contributed by atoms with Crippen molar-refractivity contribution in [2.24, 2.45) is 0 Å². The second-order valence-corrected chi connectivity index (χ2v) is 6.13. The van der Waals surface area contributed by atoms with Gasteiger partial charge in [-0.25, -0.2) is 0 Å². The molecule has 0 amide bonds.